The van der Waals surface area contributed by atoms with Gasteiger partial charge in [0.2, 0.25) is 0 Å². The molecule has 1 fully saturated rings. The number of fused-ring (bicyclic) bond motifs is 1. The first-order valence-corrected chi connectivity index (χ1v) is 14.9. The van der Waals surface area contributed by atoms with Crippen molar-refractivity contribution in [2.75, 3.05) is 6.61 Å². The van der Waals surface area contributed by atoms with Crippen molar-refractivity contribution >= 4 is 57.1 Å². The molecule has 0 saturated carbocycles. The van der Waals surface area contributed by atoms with Gasteiger partial charge in [-0.3, -0.25) is 0 Å². The molecule has 6 rings (SSSR count). The van der Waals surface area contributed by atoms with Gasteiger partial charge in [0.1, 0.15) is 0 Å². The summed E-state index contributed by atoms with van der Waals surface area (Å²) in [6.07, 6.45) is 3.08. The van der Waals surface area contributed by atoms with Crippen molar-refractivity contribution in [1.29, 1.82) is 0 Å². The number of amides is 2. The maximum atomic E-state index is 12.4. The molecule has 5 nitrogen and oxygen atoms in total. The molecular formula is C21H14InNO4S. The quantitative estimate of drug-likeness (QED) is 0.655. The molecule has 4 heterocycles. The number of hydrogen-bond acceptors (Lipinski definition) is 5. The predicted octanol–water partition coefficient (Wildman–Crippen LogP) is 2.80. The Hall–Kier alpha value is -2.12. The number of benzene rings is 2. The molecule has 2 aromatic rings. The molecule has 0 spiro atoms. The summed E-state index contributed by atoms with van der Waals surface area (Å²) < 4.78 is 16.1. The van der Waals surface area contributed by atoms with Gasteiger partial charge in [0.25, 0.3) is 0 Å². The van der Waals surface area contributed by atoms with E-state index >= 15 is 0 Å². The van der Waals surface area contributed by atoms with E-state index in [9.17, 15) is 9.59 Å². The zero-order valence-corrected chi connectivity index (χ0v) is 18.8. The van der Waals surface area contributed by atoms with Crippen LogP contribution in [0.4, 0.5) is 4.79 Å². The zero-order chi connectivity index (χ0) is 18.8. The fraction of sp³-hybridized carbons (Fsp3) is 0.143. The van der Waals surface area contributed by atoms with Gasteiger partial charge in [-0.2, -0.15) is 0 Å². The van der Waals surface area contributed by atoms with Crippen LogP contribution in [0.25, 0.3) is 9.41 Å². The average molecular weight is 491 g/mol. The molecule has 4 aliphatic rings. The summed E-state index contributed by atoms with van der Waals surface area (Å²) in [5.41, 5.74) is 2.41. The normalized spacial score (nSPS) is 23.9. The first-order chi connectivity index (χ1) is 13.7. The minimum absolute atomic E-state index is 0.0332. The van der Waals surface area contributed by atoms with Crippen LogP contribution < -0.4 is 18.1 Å². The molecule has 7 heteroatoms. The summed E-state index contributed by atoms with van der Waals surface area (Å²) >= 11 is -1.54. The molecule has 0 aromatic heterocycles. The first kappa shape index (κ1) is 16.8. The van der Waals surface area contributed by atoms with E-state index in [0.29, 0.717) is 11.5 Å². The van der Waals surface area contributed by atoms with Gasteiger partial charge < -0.3 is 0 Å². The van der Waals surface area contributed by atoms with Gasteiger partial charge in [-0.25, -0.2) is 0 Å². The molecule has 1 atom stereocenters. The standard InChI is InChI=1S/C21H14NO4S.In/c23-20-19(27-21(24)22-20)12-15-7-2-1-6-14(15)8-5-9-16-13-25-17-10-3-4-11-18(17)26-16;/h1-4,7-8,10-11,16H,9,13H2,(H,22,23,24);. The van der Waals surface area contributed by atoms with Gasteiger partial charge in [-0.05, 0) is 0 Å². The van der Waals surface area contributed by atoms with Crippen LogP contribution >= 0.6 is 11.8 Å². The van der Waals surface area contributed by atoms with Crippen molar-refractivity contribution in [3.05, 3.63) is 61.8 Å². The van der Waals surface area contributed by atoms with Gasteiger partial charge >= 0.3 is 174 Å². The third kappa shape index (κ3) is 2.42. The van der Waals surface area contributed by atoms with Crippen LogP contribution in [0.15, 0.2) is 50.7 Å². The second kappa shape index (κ2) is 6.19. The number of nitrogens with one attached hydrogen (secondary N) is 1. The summed E-state index contributed by atoms with van der Waals surface area (Å²) in [5.74, 6) is 1.33. The summed E-state index contributed by atoms with van der Waals surface area (Å²) in [5, 5.41) is 2.15. The van der Waals surface area contributed by atoms with Gasteiger partial charge in [0.15, 0.2) is 0 Å². The second-order valence-electron chi connectivity index (χ2n) is 7.25. The Morgan fingerprint density at radius 1 is 1.11 bits per heavy atom. The Balaban J connectivity index is 1.35. The van der Waals surface area contributed by atoms with Crippen LogP contribution in [0.5, 0.6) is 11.5 Å². The van der Waals surface area contributed by atoms with Gasteiger partial charge in [-0.1, -0.05) is 0 Å². The molecule has 136 valence electrons. The topological polar surface area (TPSA) is 64.6 Å². The van der Waals surface area contributed by atoms with E-state index in [2.05, 4.69) is 29.6 Å². The van der Waals surface area contributed by atoms with E-state index in [-0.39, 0.29) is 17.3 Å². The summed E-state index contributed by atoms with van der Waals surface area (Å²) in [4.78, 5) is 24.7. The number of para-hydroxylation sites is 2. The molecule has 28 heavy (non-hydrogen) atoms. The van der Waals surface area contributed by atoms with Crippen molar-refractivity contribution < 1.29 is 19.1 Å². The molecule has 1 unspecified atom stereocenters. The van der Waals surface area contributed by atoms with Crippen LogP contribution in [0.1, 0.15) is 17.5 Å². The molecule has 0 radical (unpaired) electrons. The van der Waals surface area contributed by atoms with E-state index in [4.69, 9.17) is 9.47 Å². The van der Waals surface area contributed by atoms with Crippen LogP contribution in [0.2, 0.25) is 0 Å². The van der Waals surface area contributed by atoms with Crippen molar-refractivity contribution in [1.82, 2.24) is 5.32 Å². The molecule has 1 N–H and O–H groups in total. The number of thioether (sulfide) groups is 1. The van der Waals surface area contributed by atoms with Gasteiger partial charge in [0, 0.05) is 0 Å². The molecule has 2 amide bonds. The van der Waals surface area contributed by atoms with E-state index in [1.807, 2.05) is 24.3 Å². The van der Waals surface area contributed by atoms with Crippen molar-refractivity contribution in [2.45, 2.75) is 12.5 Å². The molecule has 4 aliphatic heterocycles. The fourth-order valence-electron chi connectivity index (χ4n) is 4.54. The average Bonchev–Trinajstić information content (AvgIpc) is 3.26. The maximum absolute atomic E-state index is 12.4. The molecular weight excluding hydrogens is 477 g/mol. The molecule has 4 bridgehead atoms. The summed E-state index contributed by atoms with van der Waals surface area (Å²) in [7, 11) is 0. The Labute approximate surface area is 173 Å². The Kier molecular flexibility index (Phi) is 3.71. The third-order valence-electron chi connectivity index (χ3n) is 5.62. The first-order valence-electron chi connectivity index (χ1n) is 9.18. The number of hydrogen-bond donors (Lipinski definition) is 1. The van der Waals surface area contributed by atoms with Crippen LogP contribution in [0.3, 0.4) is 0 Å². The molecule has 0 aliphatic carbocycles. The number of carbonyl (C=O) groups is 2. The predicted molar refractivity (Wildman–Crippen MR) is 109 cm³/mol. The van der Waals surface area contributed by atoms with E-state index in [0.717, 1.165) is 35.2 Å². The fourth-order valence-corrected chi connectivity index (χ4v) is 17.2. The molecule has 2 aromatic carbocycles. The van der Waals surface area contributed by atoms with E-state index < -0.39 is 21.4 Å². The van der Waals surface area contributed by atoms with Gasteiger partial charge in [-0.15, -0.1) is 0 Å². The van der Waals surface area contributed by atoms with Crippen molar-refractivity contribution in [3.63, 3.8) is 0 Å². The number of ether oxygens (including phenoxy) is 2. The van der Waals surface area contributed by atoms with Gasteiger partial charge in [0.05, 0.1) is 0 Å². The second-order valence-corrected chi connectivity index (χ2v) is 16.2. The third-order valence-corrected chi connectivity index (χ3v) is 17.0. The molecule has 1 saturated heterocycles. The van der Waals surface area contributed by atoms with Crippen molar-refractivity contribution in [3.8, 4) is 11.5 Å². The van der Waals surface area contributed by atoms with Crippen LogP contribution in [-0.4, -0.2) is 45.3 Å². The zero-order valence-electron chi connectivity index (χ0n) is 14.7. The van der Waals surface area contributed by atoms with Crippen LogP contribution in [-0.2, 0) is 4.79 Å². The van der Waals surface area contributed by atoms with Crippen LogP contribution in [0, 0.1) is 0 Å². The monoisotopic (exact) mass is 491 g/mol. The van der Waals surface area contributed by atoms with E-state index in [1.165, 1.54) is 15.5 Å². The summed E-state index contributed by atoms with van der Waals surface area (Å²) in [6, 6.07) is 14.1. The minimum atomic E-state index is -2.59. The Morgan fingerprint density at radius 2 is 1.96 bits per heavy atom. The van der Waals surface area contributed by atoms with E-state index in [1.54, 1.807) is 0 Å². The number of imide groups is 1. The number of rotatable bonds is 2. The number of carbonyl (C=O) groups excluding carboxylic acids is 2. The Bertz CT molecular complexity index is 1140. The van der Waals surface area contributed by atoms with Crippen molar-refractivity contribution in [2.24, 2.45) is 0 Å². The summed E-state index contributed by atoms with van der Waals surface area (Å²) in [6.45, 7) is 0.524. The SMILES string of the molecule is O=C1NC(=O)/C(=[C]2\c3ccc[c]4c3C=[C](CC3COc5ccccc5O3)[In]24)S1. The Morgan fingerprint density at radius 3 is 2.75 bits per heavy atom.